The zero-order chi connectivity index (χ0) is 28.1. The molecular weight excluding hydrogens is 535 g/mol. The number of nitrogens with zero attached hydrogens (tertiary/aromatic N) is 2. The molecule has 2 saturated heterocycles. The first-order valence-corrected chi connectivity index (χ1v) is 13.4. The molecule has 0 radical (unpaired) electrons. The van der Waals surface area contributed by atoms with Crippen molar-refractivity contribution >= 4 is 40.6 Å². The average molecular weight is 564 g/mol. The van der Waals surface area contributed by atoms with E-state index < -0.39 is 65.7 Å². The molecule has 5 atom stereocenters. The predicted octanol–water partition coefficient (Wildman–Crippen LogP) is 3.72. The van der Waals surface area contributed by atoms with Crippen LogP contribution < -0.4 is 10.6 Å². The van der Waals surface area contributed by atoms with E-state index in [1.165, 1.54) is 17.0 Å². The summed E-state index contributed by atoms with van der Waals surface area (Å²) in [6.07, 6.45) is 1.14. The lowest BCUT2D eigenvalue weighted by Gasteiger charge is -2.35. The van der Waals surface area contributed by atoms with E-state index >= 15 is 0 Å². The van der Waals surface area contributed by atoms with Gasteiger partial charge in [-0.05, 0) is 62.3 Å². The molecule has 2 aliphatic heterocycles. The highest BCUT2D eigenvalue weighted by atomic mass is 35.5. The molecule has 3 fully saturated rings. The Morgan fingerprint density at radius 2 is 2.13 bits per heavy atom. The first kappa shape index (κ1) is 27.5. The molecule has 0 unspecified atom stereocenters. The first-order valence-electron chi connectivity index (χ1n) is 13.0. The summed E-state index contributed by atoms with van der Waals surface area (Å²) in [6, 6.07) is 2.27. The van der Waals surface area contributed by atoms with Crippen LogP contribution in [-0.2, 0) is 9.59 Å². The molecule has 12 heteroatoms. The van der Waals surface area contributed by atoms with Gasteiger partial charge < -0.3 is 25.3 Å². The number of H-pyrrole nitrogens is 1. The molecule has 5 rings (SSSR count). The number of aryl methyl sites for hydroxylation is 1. The summed E-state index contributed by atoms with van der Waals surface area (Å²) >= 11 is 6.31. The number of aldehydes is 1. The number of amides is 2. The Balaban J connectivity index is 1.42. The second-order valence-electron chi connectivity index (χ2n) is 11.2. The van der Waals surface area contributed by atoms with Crippen molar-refractivity contribution in [1.29, 1.82) is 5.26 Å². The molecule has 3 N–H and O–H groups in total. The van der Waals surface area contributed by atoms with Gasteiger partial charge in [-0.3, -0.25) is 9.59 Å². The van der Waals surface area contributed by atoms with Crippen LogP contribution in [0.3, 0.4) is 0 Å². The number of fused-ring (bicyclic) bond motifs is 2. The van der Waals surface area contributed by atoms with Crippen LogP contribution in [0, 0.1) is 41.3 Å². The third-order valence-corrected chi connectivity index (χ3v) is 8.94. The molecule has 1 aromatic carbocycles. The van der Waals surface area contributed by atoms with E-state index in [4.69, 9.17) is 11.6 Å². The van der Waals surface area contributed by atoms with E-state index in [0.717, 1.165) is 19.3 Å². The number of nitrogens with one attached hydrogen (secondary N) is 3. The zero-order valence-electron chi connectivity index (χ0n) is 21.3. The highest BCUT2D eigenvalue weighted by Crippen LogP contribution is 2.50. The fourth-order valence-corrected chi connectivity index (χ4v) is 6.77. The second kappa shape index (κ2) is 10.1. The van der Waals surface area contributed by atoms with Crippen molar-refractivity contribution in [2.24, 2.45) is 17.3 Å². The van der Waals surface area contributed by atoms with Crippen LogP contribution in [0.5, 0.6) is 0 Å². The summed E-state index contributed by atoms with van der Waals surface area (Å²) < 4.78 is 43.3. The van der Waals surface area contributed by atoms with Gasteiger partial charge in [0.15, 0.2) is 0 Å². The number of alkyl halides is 2. The van der Waals surface area contributed by atoms with Gasteiger partial charge in [-0.2, -0.15) is 5.26 Å². The Kier molecular flexibility index (Phi) is 7.14. The normalized spacial score (nSPS) is 28.6. The highest BCUT2D eigenvalue weighted by Gasteiger charge is 2.58. The Bertz CT molecular complexity index is 1370. The molecular formula is C27H29ClF3N5O3. The van der Waals surface area contributed by atoms with Gasteiger partial charge in [-0.15, -0.1) is 0 Å². The van der Waals surface area contributed by atoms with Crippen LogP contribution in [0.15, 0.2) is 12.1 Å². The Hall–Kier alpha value is -3.10. The van der Waals surface area contributed by atoms with Crippen LogP contribution in [0.1, 0.15) is 48.2 Å². The molecule has 2 amide bonds. The molecule has 0 bridgehead atoms. The highest BCUT2D eigenvalue weighted by molar-refractivity contribution is 6.36. The monoisotopic (exact) mass is 563 g/mol. The maximum atomic E-state index is 14.6. The first-order chi connectivity index (χ1) is 18.5. The largest absolute Gasteiger partial charge is 0.349 e. The third-order valence-electron chi connectivity index (χ3n) is 8.46. The number of aromatic amines is 1. The van der Waals surface area contributed by atoms with Crippen molar-refractivity contribution in [3.63, 3.8) is 0 Å². The van der Waals surface area contributed by atoms with Crippen molar-refractivity contribution in [2.75, 3.05) is 19.6 Å². The molecule has 1 saturated carbocycles. The molecule has 208 valence electrons. The van der Waals surface area contributed by atoms with Crippen LogP contribution in [0.25, 0.3) is 10.9 Å². The van der Waals surface area contributed by atoms with Crippen LogP contribution in [-0.4, -0.2) is 65.6 Å². The maximum Gasteiger partial charge on any atom is 0.271 e. The third kappa shape index (κ3) is 5.00. The number of hydrogen-bond donors (Lipinski definition) is 3. The minimum absolute atomic E-state index is 0.0223. The topological polar surface area (TPSA) is 118 Å². The standard InChI is InChI=1S/C27H29ClF3N5O3/c1-14-5-19(29)17-6-20(35-22(17)21(14)28)25(39)36-11-15-7-27(30,31)9-18(15)23(36)24(38)34-16(10-32)8-26(13-37)3-2-4-33-12-26/h5-6,13,15-16,18,23,33,35H,2-4,7-9,11-12H2,1H3,(H,34,38)/t15-,16-,18-,23-,26-/m0/s1. The maximum absolute atomic E-state index is 14.6. The number of benzene rings is 1. The number of carbonyl (C=O) groups excluding carboxylic acids is 3. The van der Waals surface area contributed by atoms with Crippen molar-refractivity contribution in [2.45, 2.75) is 57.0 Å². The van der Waals surface area contributed by atoms with Gasteiger partial charge in [0.2, 0.25) is 11.8 Å². The van der Waals surface area contributed by atoms with E-state index in [2.05, 4.69) is 15.6 Å². The Morgan fingerprint density at radius 3 is 2.79 bits per heavy atom. The van der Waals surface area contributed by atoms with Crippen LogP contribution in [0.4, 0.5) is 13.2 Å². The molecule has 8 nitrogen and oxygen atoms in total. The fraction of sp³-hybridized carbons (Fsp3) is 0.556. The van der Waals surface area contributed by atoms with Crippen molar-refractivity contribution < 1.29 is 27.6 Å². The van der Waals surface area contributed by atoms with Gasteiger partial charge in [0.25, 0.3) is 5.91 Å². The number of halogens is 4. The van der Waals surface area contributed by atoms with Gasteiger partial charge in [-0.1, -0.05) is 11.6 Å². The minimum atomic E-state index is -2.97. The summed E-state index contributed by atoms with van der Waals surface area (Å²) in [5, 5.41) is 15.9. The number of nitriles is 1. The lowest BCUT2D eigenvalue weighted by molar-refractivity contribution is -0.127. The molecule has 3 heterocycles. The van der Waals surface area contributed by atoms with E-state index in [0.29, 0.717) is 18.5 Å². The number of aromatic nitrogens is 1. The fourth-order valence-electron chi connectivity index (χ4n) is 6.56. The molecule has 39 heavy (non-hydrogen) atoms. The van der Waals surface area contributed by atoms with Crippen molar-refractivity contribution in [3.8, 4) is 6.07 Å². The lowest BCUT2D eigenvalue weighted by Crippen LogP contribution is -2.53. The molecule has 3 aliphatic rings. The van der Waals surface area contributed by atoms with Gasteiger partial charge in [-0.25, -0.2) is 13.2 Å². The van der Waals surface area contributed by atoms with Crippen LogP contribution in [0.2, 0.25) is 5.02 Å². The summed E-state index contributed by atoms with van der Waals surface area (Å²) in [7, 11) is 0. The van der Waals surface area contributed by atoms with Gasteiger partial charge >= 0.3 is 0 Å². The quantitative estimate of drug-likeness (QED) is 0.463. The Morgan fingerprint density at radius 1 is 1.36 bits per heavy atom. The molecule has 1 aliphatic carbocycles. The SMILES string of the molecule is Cc1cc(F)c2cc(C(=O)N3C[C@@H]4CC(F)(F)C[C@@H]4[C@H]3C(=O)N[C@H](C#N)C[C@@]3(C=O)CCCNC3)[nH]c2c1Cl. The molecule has 1 aromatic heterocycles. The van der Waals surface area contributed by atoms with Gasteiger partial charge in [0.05, 0.1) is 16.6 Å². The van der Waals surface area contributed by atoms with Gasteiger partial charge in [0.1, 0.15) is 29.9 Å². The van der Waals surface area contributed by atoms with Crippen LogP contribution >= 0.6 is 11.6 Å². The summed E-state index contributed by atoms with van der Waals surface area (Å²) in [5.41, 5.74) is -0.145. The Labute approximate surface area is 228 Å². The molecule has 2 aromatic rings. The van der Waals surface area contributed by atoms with E-state index in [1.807, 2.05) is 6.07 Å². The zero-order valence-corrected chi connectivity index (χ0v) is 22.1. The minimum Gasteiger partial charge on any atom is -0.349 e. The summed E-state index contributed by atoms with van der Waals surface area (Å²) in [5.74, 6) is -6.34. The lowest BCUT2D eigenvalue weighted by atomic mass is 9.77. The predicted molar refractivity (Wildman–Crippen MR) is 137 cm³/mol. The van der Waals surface area contributed by atoms with E-state index in [1.54, 1.807) is 6.92 Å². The number of rotatable bonds is 6. The van der Waals surface area contributed by atoms with E-state index in [-0.39, 0.29) is 34.6 Å². The number of hydrogen-bond acceptors (Lipinski definition) is 5. The summed E-state index contributed by atoms with van der Waals surface area (Å²) in [4.78, 5) is 43.2. The number of piperidine rings is 1. The van der Waals surface area contributed by atoms with Crippen molar-refractivity contribution in [3.05, 3.63) is 34.2 Å². The van der Waals surface area contributed by atoms with Crippen molar-refractivity contribution in [1.82, 2.24) is 20.5 Å². The average Bonchev–Trinajstić information content (AvgIpc) is 3.57. The second-order valence-corrected chi connectivity index (χ2v) is 11.6. The van der Waals surface area contributed by atoms with E-state index in [9.17, 15) is 32.8 Å². The van der Waals surface area contributed by atoms with Gasteiger partial charge in [0, 0.05) is 36.7 Å². The molecule has 0 spiro atoms. The smallest absolute Gasteiger partial charge is 0.271 e. The number of likely N-dealkylation sites (tertiary alicyclic amines) is 1. The number of carbonyl (C=O) groups is 3. The summed E-state index contributed by atoms with van der Waals surface area (Å²) in [6.45, 7) is 2.66.